The zero-order chi connectivity index (χ0) is 23.8. The number of rotatable bonds is 5. The summed E-state index contributed by atoms with van der Waals surface area (Å²) in [5.74, 6) is -0.244. The Morgan fingerprint density at radius 2 is 1.73 bits per heavy atom. The second-order valence-electron chi connectivity index (χ2n) is 10.6. The maximum absolute atomic E-state index is 13.5. The maximum Gasteiger partial charge on any atom is 0.325 e. The van der Waals surface area contributed by atoms with Gasteiger partial charge in [-0.25, -0.2) is 4.79 Å². The van der Waals surface area contributed by atoms with Gasteiger partial charge in [0.1, 0.15) is 12.1 Å². The molecule has 1 aliphatic heterocycles. The summed E-state index contributed by atoms with van der Waals surface area (Å²) in [4.78, 5) is 42.6. The molecule has 1 saturated carbocycles. The predicted octanol–water partition coefficient (Wildman–Crippen LogP) is 4.67. The van der Waals surface area contributed by atoms with Crippen molar-refractivity contribution in [1.29, 1.82) is 0 Å². The number of urea groups is 1. The molecule has 0 aromatic heterocycles. The summed E-state index contributed by atoms with van der Waals surface area (Å²) >= 11 is 0. The minimum Gasteiger partial charge on any atom is -0.323 e. The van der Waals surface area contributed by atoms with Gasteiger partial charge in [-0.05, 0) is 55.2 Å². The van der Waals surface area contributed by atoms with Crippen LogP contribution in [0.2, 0.25) is 0 Å². The molecule has 2 fully saturated rings. The molecule has 174 valence electrons. The van der Waals surface area contributed by atoms with E-state index in [-0.39, 0.29) is 23.8 Å². The molecule has 2 atom stereocenters. The number of carbonyl (C=O) groups excluding carboxylic acids is 3. The number of nitrogens with one attached hydrogen (secondary N) is 1. The largest absolute Gasteiger partial charge is 0.325 e. The Labute approximate surface area is 196 Å². The first-order valence-corrected chi connectivity index (χ1v) is 11.6. The van der Waals surface area contributed by atoms with Gasteiger partial charge in [0.15, 0.2) is 0 Å². The third kappa shape index (κ3) is 4.80. The third-order valence-electron chi connectivity index (χ3n) is 6.75. The minimum absolute atomic E-state index is 0.0537. The summed E-state index contributed by atoms with van der Waals surface area (Å²) in [6, 6.07) is 16.9. The molecule has 1 N–H and O–H groups in total. The number of hydrogen-bond acceptors (Lipinski definition) is 3. The average Bonchev–Trinajstić information content (AvgIpc) is 2.95. The number of anilines is 1. The van der Waals surface area contributed by atoms with Crippen LogP contribution in [-0.2, 0) is 16.1 Å². The van der Waals surface area contributed by atoms with E-state index in [2.05, 4.69) is 26.1 Å². The Balaban J connectivity index is 1.58. The monoisotopic (exact) mass is 447 g/mol. The summed E-state index contributed by atoms with van der Waals surface area (Å²) < 4.78 is 0. The van der Waals surface area contributed by atoms with Gasteiger partial charge in [0, 0.05) is 5.69 Å². The van der Waals surface area contributed by atoms with Crippen LogP contribution in [0.25, 0.3) is 0 Å². The SMILES string of the molecule is Cc1ccc(N(Cc2ccccc2)C(=O)CN2C(=O)N[C@]3(C[C@@H](C)CC(C)(C)C3)C2=O)cc1. The smallest absolute Gasteiger partial charge is 0.323 e. The number of imide groups is 1. The molecule has 1 saturated heterocycles. The molecule has 2 aromatic carbocycles. The number of aryl methyl sites for hydroxylation is 1. The van der Waals surface area contributed by atoms with E-state index in [0.29, 0.717) is 25.3 Å². The van der Waals surface area contributed by atoms with Gasteiger partial charge in [-0.2, -0.15) is 0 Å². The topological polar surface area (TPSA) is 69.7 Å². The molecule has 0 bridgehead atoms. The zero-order valence-electron chi connectivity index (χ0n) is 19.9. The van der Waals surface area contributed by atoms with E-state index in [9.17, 15) is 14.4 Å². The number of carbonyl (C=O) groups is 3. The van der Waals surface area contributed by atoms with Crippen molar-refractivity contribution < 1.29 is 14.4 Å². The third-order valence-corrected chi connectivity index (χ3v) is 6.75. The van der Waals surface area contributed by atoms with Crippen LogP contribution in [0, 0.1) is 18.3 Å². The predicted molar refractivity (Wildman–Crippen MR) is 129 cm³/mol. The second kappa shape index (κ2) is 8.65. The lowest BCUT2D eigenvalue weighted by Crippen LogP contribution is -2.54. The zero-order valence-corrected chi connectivity index (χ0v) is 19.9. The summed E-state index contributed by atoms with van der Waals surface area (Å²) in [7, 11) is 0. The van der Waals surface area contributed by atoms with Crippen LogP contribution in [0.5, 0.6) is 0 Å². The number of benzene rings is 2. The lowest BCUT2D eigenvalue weighted by molar-refractivity contribution is -0.137. The van der Waals surface area contributed by atoms with Crippen LogP contribution >= 0.6 is 0 Å². The van der Waals surface area contributed by atoms with Crippen LogP contribution in [0.1, 0.15) is 51.2 Å². The van der Waals surface area contributed by atoms with Crippen LogP contribution < -0.4 is 10.2 Å². The highest BCUT2D eigenvalue weighted by Crippen LogP contribution is 2.46. The minimum atomic E-state index is -0.910. The van der Waals surface area contributed by atoms with Crippen LogP contribution in [0.3, 0.4) is 0 Å². The summed E-state index contributed by atoms with van der Waals surface area (Å²) in [5, 5.41) is 2.96. The summed E-state index contributed by atoms with van der Waals surface area (Å²) in [6.45, 7) is 8.47. The second-order valence-corrected chi connectivity index (χ2v) is 10.6. The highest BCUT2D eigenvalue weighted by atomic mass is 16.2. The fraction of sp³-hybridized carbons (Fsp3) is 0.444. The average molecular weight is 448 g/mol. The van der Waals surface area contributed by atoms with Crippen molar-refractivity contribution in [2.24, 2.45) is 11.3 Å². The molecule has 33 heavy (non-hydrogen) atoms. The van der Waals surface area contributed by atoms with E-state index in [1.54, 1.807) is 4.90 Å². The van der Waals surface area contributed by atoms with Crippen LogP contribution in [0.4, 0.5) is 10.5 Å². The van der Waals surface area contributed by atoms with E-state index in [0.717, 1.165) is 28.1 Å². The number of hydrogen-bond donors (Lipinski definition) is 1. The van der Waals surface area contributed by atoms with Crippen molar-refractivity contribution >= 4 is 23.5 Å². The first kappa shape index (κ1) is 23.0. The van der Waals surface area contributed by atoms with Crippen LogP contribution in [0.15, 0.2) is 54.6 Å². The molecule has 4 amide bonds. The first-order chi connectivity index (χ1) is 15.6. The summed E-state index contributed by atoms with van der Waals surface area (Å²) in [6.07, 6.45) is 2.21. The Kier molecular flexibility index (Phi) is 6.04. The molecule has 6 nitrogen and oxygen atoms in total. The van der Waals surface area contributed by atoms with E-state index < -0.39 is 11.6 Å². The molecular formula is C27H33N3O3. The molecule has 1 spiro atoms. The van der Waals surface area contributed by atoms with Gasteiger partial charge in [-0.15, -0.1) is 0 Å². The van der Waals surface area contributed by atoms with Gasteiger partial charge < -0.3 is 10.2 Å². The molecule has 4 rings (SSSR count). The molecular weight excluding hydrogens is 414 g/mol. The van der Waals surface area contributed by atoms with Gasteiger partial charge in [-0.3, -0.25) is 14.5 Å². The lowest BCUT2D eigenvalue weighted by Gasteiger charge is -2.43. The van der Waals surface area contributed by atoms with E-state index in [1.807, 2.05) is 61.5 Å². The van der Waals surface area contributed by atoms with Gasteiger partial charge in [0.2, 0.25) is 5.91 Å². The molecule has 6 heteroatoms. The number of nitrogens with zero attached hydrogens (tertiary/aromatic N) is 2. The highest BCUT2D eigenvalue weighted by Gasteiger charge is 2.56. The Morgan fingerprint density at radius 1 is 1.06 bits per heavy atom. The Bertz CT molecular complexity index is 1050. The molecule has 1 heterocycles. The lowest BCUT2D eigenvalue weighted by atomic mass is 9.64. The van der Waals surface area contributed by atoms with E-state index >= 15 is 0 Å². The van der Waals surface area contributed by atoms with E-state index in [4.69, 9.17) is 0 Å². The van der Waals surface area contributed by atoms with Crippen molar-refractivity contribution in [3.8, 4) is 0 Å². The van der Waals surface area contributed by atoms with E-state index in [1.165, 1.54) is 0 Å². The highest BCUT2D eigenvalue weighted by molar-refractivity contribution is 6.10. The van der Waals surface area contributed by atoms with Crippen molar-refractivity contribution in [3.05, 3.63) is 65.7 Å². The van der Waals surface area contributed by atoms with Crippen molar-refractivity contribution in [3.63, 3.8) is 0 Å². The maximum atomic E-state index is 13.5. The first-order valence-electron chi connectivity index (χ1n) is 11.6. The Hall–Kier alpha value is -3.15. The van der Waals surface area contributed by atoms with Crippen molar-refractivity contribution in [2.45, 2.75) is 59.0 Å². The van der Waals surface area contributed by atoms with Gasteiger partial charge in [0.25, 0.3) is 5.91 Å². The van der Waals surface area contributed by atoms with Gasteiger partial charge in [-0.1, -0.05) is 68.8 Å². The molecule has 1 aliphatic carbocycles. The standard InChI is InChI=1S/C27H33N3O3/c1-19-10-12-22(13-11-19)29(16-21-8-6-5-7-9-21)23(31)17-30-24(32)27(28-25(30)33)15-20(2)14-26(3,4)18-27/h5-13,20H,14-18H2,1-4H3,(H,28,33)/t20-,27-/m0/s1. The summed E-state index contributed by atoms with van der Waals surface area (Å²) in [5.41, 5.74) is 1.84. The molecule has 0 radical (unpaired) electrons. The normalized spacial score (nSPS) is 24.1. The molecule has 2 aliphatic rings. The van der Waals surface area contributed by atoms with Crippen LogP contribution in [-0.4, -0.2) is 34.8 Å². The molecule has 0 unspecified atom stereocenters. The van der Waals surface area contributed by atoms with Crippen molar-refractivity contribution in [1.82, 2.24) is 10.2 Å². The number of amides is 4. The molecule has 2 aromatic rings. The fourth-order valence-electron chi connectivity index (χ4n) is 5.68. The van der Waals surface area contributed by atoms with Crippen molar-refractivity contribution in [2.75, 3.05) is 11.4 Å². The fourth-order valence-corrected chi connectivity index (χ4v) is 5.68. The quantitative estimate of drug-likeness (QED) is 0.678. The van der Waals surface area contributed by atoms with Gasteiger partial charge >= 0.3 is 6.03 Å². The van der Waals surface area contributed by atoms with Gasteiger partial charge in [0.05, 0.1) is 6.54 Å². The Morgan fingerprint density at radius 3 is 2.36 bits per heavy atom.